The number of aliphatic carboxylic acids is 1. The van der Waals surface area contributed by atoms with E-state index >= 15 is 0 Å². The lowest BCUT2D eigenvalue weighted by Crippen LogP contribution is -2.41. The summed E-state index contributed by atoms with van der Waals surface area (Å²) in [6, 6.07) is 6.73. The summed E-state index contributed by atoms with van der Waals surface area (Å²) in [5.74, 6) is 0.825. The maximum Gasteiger partial charge on any atom is 0.305 e. The van der Waals surface area contributed by atoms with Crippen molar-refractivity contribution in [3.8, 4) is 11.5 Å². The molecule has 1 N–H and O–H groups in total. The summed E-state index contributed by atoms with van der Waals surface area (Å²) < 4.78 is 16.0. The number of carboxylic acid groups (broad SMARTS) is 1. The van der Waals surface area contributed by atoms with Gasteiger partial charge in [0, 0.05) is 19.4 Å². The molecule has 1 aliphatic heterocycles. The molecule has 1 aromatic carbocycles. The van der Waals surface area contributed by atoms with Gasteiger partial charge in [-0.15, -0.1) is 0 Å². The van der Waals surface area contributed by atoms with Crippen LogP contribution in [-0.2, 0) is 22.4 Å². The Kier molecular flexibility index (Phi) is 5.69. The van der Waals surface area contributed by atoms with Crippen molar-refractivity contribution in [1.29, 1.82) is 0 Å². The van der Waals surface area contributed by atoms with Crippen molar-refractivity contribution in [2.75, 3.05) is 20.8 Å². The monoisotopic (exact) mass is 373 g/mol. The number of carboxylic acids is 1. The molecule has 0 radical (unpaired) electrons. The van der Waals surface area contributed by atoms with Crippen molar-refractivity contribution in [1.82, 2.24) is 4.90 Å². The highest BCUT2D eigenvalue weighted by molar-refractivity contribution is 5.79. The molecule has 0 saturated heterocycles. The van der Waals surface area contributed by atoms with Gasteiger partial charge in [-0.25, -0.2) is 0 Å². The van der Waals surface area contributed by atoms with E-state index in [0.29, 0.717) is 30.9 Å². The topological polar surface area (TPSA) is 89.2 Å². The van der Waals surface area contributed by atoms with Crippen LogP contribution in [-0.4, -0.2) is 42.6 Å². The number of methoxy groups -OCH3 is 2. The molecule has 1 amide bonds. The van der Waals surface area contributed by atoms with E-state index in [-0.39, 0.29) is 18.7 Å². The number of carbonyl (C=O) groups is 2. The molecule has 0 bridgehead atoms. The van der Waals surface area contributed by atoms with Crippen molar-refractivity contribution in [3.63, 3.8) is 0 Å². The Hall–Kier alpha value is -2.96. The van der Waals surface area contributed by atoms with Crippen LogP contribution in [0, 0.1) is 0 Å². The molecule has 2 aromatic rings. The Balaban J connectivity index is 1.87. The first-order chi connectivity index (χ1) is 13.0. The normalized spacial score (nSPS) is 15.9. The van der Waals surface area contributed by atoms with E-state index in [1.54, 1.807) is 30.4 Å². The number of amides is 1. The SMILES string of the molecule is COc1cc2c(cc1OC)C(CC(=O)O)N(C(=O)CCc1ccco1)CC2. The van der Waals surface area contributed by atoms with Crippen molar-refractivity contribution in [2.45, 2.75) is 31.7 Å². The fraction of sp³-hybridized carbons (Fsp3) is 0.400. The van der Waals surface area contributed by atoms with Gasteiger partial charge in [0.15, 0.2) is 11.5 Å². The molecule has 1 atom stereocenters. The van der Waals surface area contributed by atoms with Gasteiger partial charge in [0.05, 0.1) is 32.9 Å². The molecule has 27 heavy (non-hydrogen) atoms. The van der Waals surface area contributed by atoms with Gasteiger partial charge in [0.1, 0.15) is 5.76 Å². The van der Waals surface area contributed by atoms with Crippen LogP contribution < -0.4 is 9.47 Å². The van der Waals surface area contributed by atoms with E-state index in [2.05, 4.69) is 0 Å². The van der Waals surface area contributed by atoms with Gasteiger partial charge in [-0.05, 0) is 41.8 Å². The number of fused-ring (bicyclic) bond motifs is 1. The summed E-state index contributed by atoms with van der Waals surface area (Å²) in [5.41, 5.74) is 1.78. The fourth-order valence-electron chi connectivity index (χ4n) is 3.54. The number of carbonyl (C=O) groups excluding carboxylic acids is 1. The molecule has 144 valence electrons. The van der Waals surface area contributed by atoms with Gasteiger partial charge in [-0.2, -0.15) is 0 Å². The van der Waals surface area contributed by atoms with Crippen LogP contribution in [0.2, 0.25) is 0 Å². The number of nitrogens with zero attached hydrogens (tertiary/aromatic N) is 1. The Morgan fingerprint density at radius 1 is 1.26 bits per heavy atom. The Bertz CT molecular complexity index is 814. The number of hydrogen-bond donors (Lipinski definition) is 1. The van der Waals surface area contributed by atoms with Crippen molar-refractivity contribution < 1.29 is 28.6 Å². The molecule has 7 nitrogen and oxygen atoms in total. The minimum Gasteiger partial charge on any atom is -0.493 e. The number of aryl methyl sites for hydroxylation is 1. The molecule has 1 aromatic heterocycles. The van der Waals surface area contributed by atoms with Crippen LogP contribution in [0.3, 0.4) is 0 Å². The van der Waals surface area contributed by atoms with Gasteiger partial charge < -0.3 is 23.9 Å². The smallest absolute Gasteiger partial charge is 0.305 e. The quantitative estimate of drug-likeness (QED) is 0.803. The number of benzene rings is 1. The Morgan fingerprint density at radius 2 is 2.00 bits per heavy atom. The molecule has 7 heteroatoms. The zero-order chi connectivity index (χ0) is 19.4. The zero-order valence-corrected chi connectivity index (χ0v) is 15.4. The standard InChI is InChI=1S/C20H23NO6/c1-25-17-10-13-7-8-21(19(22)6-5-14-4-3-9-27-14)16(12-20(23)24)15(13)11-18(17)26-2/h3-4,9-11,16H,5-8,12H2,1-2H3,(H,23,24). The number of hydrogen-bond acceptors (Lipinski definition) is 5. The van der Waals surface area contributed by atoms with E-state index in [0.717, 1.165) is 16.9 Å². The van der Waals surface area contributed by atoms with Crippen molar-refractivity contribution in [3.05, 3.63) is 47.4 Å². The van der Waals surface area contributed by atoms with Crippen LogP contribution in [0.5, 0.6) is 11.5 Å². The minimum absolute atomic E-state index is 0.0851. The van der Waals surface area contributed by atoms with Gasteiger partial charge in [-0.3, -0.25) is 9.59 Å². The van der Waals surface area contributed by atoms with Gasteiger partial charge >= 0.3 is 5.97 Å². The predicted octanol–water partition coefficient (Wildman–Crippen LogP) is 2.83. The number of ether oxygens (including phenoxy) is 2. The van der Waals surface area contributed by atoms with Gasteiger partial charge in [-0.1, -0.05) is 0 Å². The fourth-order valence-corrected chi connectivity index (χ4v) is 3.54. The summed E-state index contributed by atoms with van der Waals surface area (Å²) in [4.78, 5) is 25.9. The third-order valence-electron chi connectivity index (χ3n) is 4.86. The molecule has 1 unspecified atom stereocenters. The van der Waals surface area contributed by atoms with E-state index in [1.807, 2.05) is 12.1 Å². The molecule has 0 saturated carbocycles. The summed E-state index contributed by atoms with van der Waals surface area (Å²) in [6.07, 6.45) is 2.81. The Morgan fingerprint density at radius 3 is 2.63 bits per heavy atom. The second-order valence-electron chi connectivity index (χ2n) is 6.44. The third-order valence-corrected chi connectivity index (χ3v) is 4.86. The lowest BCUT2D eigenvalue weighted by atomic mass is 9.89. The average molecular weight is 373 g/mol. The van der Waals surface area contributed by atoms with E-state index in [9.17, 15) is 14.7 Å². The molecule has 1 aliphatic rings. The lowest BCUT2D eigenvalue weighted by Gasteiger charge is -2.37. The van der Waals surface area contributed by atoms with E-state index in [4.69, 9.17) is 13.9 Å². The summed E-state index contributed by atoms with van der Waals surface area (Å²) in [6.45, 7) is 0.470. The van der Waals surface area contributed by atoms with Gasteiger partial charge in [0.2, 0.25) is 5.91 Å². The van der Waals surface area contributed by atoms with Crippen LogP contribution in [0.1, 0.15) is 35.8 Å². The first-order valence-electron chi connectivity index (χ1n) is 8.82. The first-order valence-corrected chi connectivity index (χ1v) is 8.82. The molecular formula is C20H23NO6. The number of furan rings is 1. The second-order valence-corrected chi connectivity index (χ2v) is 6.44. The van der Waals surface area contributed by atoms with Crippen LogP contribution in [0.25, 0.3) is 0 Å². The Labute approximate surface area is 157 Å². The highest BCUT2D eigenvalue weighted by Crippen LogP contribution is 2.39. The molecule has 3 rings (SSSR count). The second kappa shape index (κ2) is 8.16. The van der Waals surface area contributed by atoms with Crippen LogP contribution in [0.4, 0.5) is 0 Å². The largest absolute Gasteiger partial charge is 0.493 e. The van der Waals surface area contributed by atoms with E-state index < -0.39 is 12.0 Å². The molecule has 0 spiro atoms. The minimum atomic E-state index is -0.952. The summed E-state index contributed by atoms with van der Waals surface area (Å²) >= 11 is 0. The molecule has 0 aliphatic carbocycles. The maximum absolute atomic E-state index is 12.8. The lowest BCUT2D eigenvalue weighted by molar-refractivity contribution is -0.141. The number of rotatable bonds is 7. The summed E-state index contributed by atoms with van der Waals surface area (Å²) in [5, 5.41) is 9.39. The van der Waals surface area contributed by atoms with E-state index in [1.165, 1.54) is 7.11 Å². The maximum atomic E-state index is 12.8. The highest BCUT2D eigenvalue weighted by Gasteiger charge is 2.33. The van der Waals surface area contributed by atoms with Crippen molar-refractivity contribution >= 4 is 11.9 Å². The molecule has 0 fully saturated rings. The molecular weight excluding hydrogens is 350 g/mol. The molecule has 2 heterocycles. The first kappa shape index (κ1) is 18.8. The third kappa shape index (κ3) is 4.07. The van der Waals surface area contributed by atoms with Crippen molar-refractivity contribution in [2.24, 2.45) is 0 Å². The van der Waals surface area contributed by atoms with Crippen LogP contribution >= 0.6 is 0 Å². The average Bonchev–Trinajstić information content (AvgIpc) is 3.18. The summed E-state index contributed by atoms with van der Waals surface area (Å²) in [7, 11) is 3.10. The highest BCUT2D eigenvalue weighted by atomic mass is 16.5. The van der Waals surface area contributed by atoms with Gasteiger partial charge in [0.25, 0.3) is 0 Å². The predicted molar refractivity (Wildman–Crippen MR) is 97.0 cm³/mol. The van der Waals surface area contributed by atoms with Crippen LogP contribution in [0.15, 0.2) is 34.9 Å². The zero-order valence-electron chi connectivity index (χ0n) is 15.4.